The Labute approximate surface area is 230 Å². The zero-order valence-electron chi connectivity index (χ0n) is 20.4. The van der Waals surface area contributed by atoms with Gasteiger partial charge in [0.05, 0.1) is 28.0 Å². The number of nitrogens with one attached hydrogen (secondary N) is 1. The number of nitrogens with zero attached hydrogens (tertiary/aromatic N) is 2. The van der Waals surface area contributed by atoms with Crippen molar-refractivity contribution in [1.82, 2.24) is 5.32 Å². The summed E-state index contributed by atoms with van der Waals surface area (Å²) in [7, 11) is 1.44. The monoisotopic (exact) mass is 581 g/mol. The van der Waals surface area contributed by atoms with E-state index in [4.69, 9.17) is 32.9 Å². The van der Waals surface area contributed by atoms with E-state index in [1.165, 1.54) is 19.2 Å². The first-order chi connectivity index (χ1) is 18.6. The summed E-state index contributed by atoms with van der Waals surface area (Å²) in [5, 5.41) is 10.5. The third-order valence-electron chi connectivity index (χ3n) is 6.80. The highest BCUT2D eigenvalue weighted by Crippen LogP contribution is 2.50. The standard InChI is InChI=1S/C27H21Cl2F4N3O3/c1-38-35-23(14-6-7-14)13-34-25(37)19-9-8-18(16-4-2-3-5-17(16)19)22-12-26(39-36-22,27(31,32)33)15-10-20(28)24(30)21(29)11-15/h2-5,8-11,14H,6-7,12-13H2,1H3,(H,34,37)/b35-23+. The molecule has 1 atom stereocenters. The van der Waals surface area contributed by atoms with Gasteiger partial charge in [-0.05, 0) is 41.8 Å². The number of halogens is 6. The zero-order valence-corrected chi connectivity index (χ0v) is 21.9. The summed E-state index contributed by atoms with van der Waals surface area (Å²) in [6.45, 7) is 0.213. The van der Waals surface area contributed by atoms with E-state index in [1.807, 2.05) is 0 Å². The number of rotatable bonds is 7. The first-order valence-electron chi connectivity index (χ1n) is 11.9. The van der Waals surface area contributed by atoms with E-state index in [0.717, 1.165) is 30.7 Å². The molecule has 1 fully saturated rings. The van der Waals surface area contributed by atoms with Crippen LogP contribution < -0.4 is 5.32 Å². The van der Waals surface area contributed by atoms with Crippen molar-refractivity contribution in [3.63, 3.8) is 0 Å². The normalized spacial score (nSPS) is 19.6. The van der Waals surface area contributed by atoms with Crippen molar-refractivity contribution in [3.05, 3.63) is 81.1 Å². The van der Waals surface area contributed by atoms with Crippen LogP contribution in [0.25, 0.3) is 10.8 Å². The van der Waals surface area contributed by atoms with Crippen molar-refractivity contribution in [2.45, 2.75) is 31.0 Å². The van der Waals surface area contributed by atoms with Gasteiger partial charge in [-0.15, -0.1) is 0 Å². The van der Waals surface area contributed by atoms with E-state index < -0.39 is 39.6 Å². The van der Waals surface area contributed by atoms with E-state index >= 15 is 0 Å². The van der Waals surface area contributed by atoms with Crippen LogP contribution in [-0.2, 0) is 15.3 Å². The molecule has 1 amide bonds. The molecule has 5 rings (SSSR count). The Hall–Kier alpha value is -3.37. The maximum absolute atomic E-state index is 14.5. The van der Waals surface area contributed by atoms with Crippen LogP contribution >= 0.6 is 23.2 Å². The third kappa shape index (κ3) is 5.03. The molecule has 3 aromatic rings. The number of carbonyl (C=O) groups excluding carboxylic acids is 1. The molecule has 1 saturated carbocycles. The lowest BCUT2D eigenvalue weighted by atomic mass is 9.85. The lowest BCUT2D eigenvalue weighted by Gasteiger charge is -2.29. The number of hydrogen-bond donors (Lipinski definition) is 1. The Kier molecular flexibility index (Phi) is 7.19. The number of alkyl halides is 3. The maximum atomic E-state index is 14.5. The Morgan fingerprint density at radius 3 is 2.44 bits per heavy atom. The molecule has 0 bridgehead atoms. The molecule has 39 heavy (non-hydrogen) atoms. The van der Waals surface area contributed by atoms with Crippen LogP contribution in [0.5, 0.6) is 0 Å². The van der Waals surface area contributed by atoms with Gasteiger partial charge in [0.1, 0.15) is 7.11 Å². The first kappa shape index (κ1) is 27.2. The average Bonchev–Trinajstić information content (AvgIpc) is 3.65. The summed E-state index contributed by atoms with van der Waals surface area (Å²) in [6.07, 6.45) is -3.70. The number of hydrogen-bond acceptors (Lipinski definition) is 5. The van der Waals surface area contributed by atoms with Crippen LogP contribution in [0.4, 0.5) is 17.6 Å². The second-order valence-corrected chi connectivity index (χ2v) is 10.1. The van der Waals surface area contributed by atoms with Gasteiger partial charge in [0.25, 0.3) is 11.5 Å². The van der Waals surface area contributed by atoms with Crippen molar-refractivity contribution in [2.24, 2.45) is 16.2 Å². The Morgan fingerprint density at radius 1 is 1.15 bits per heavy atom. The Balaban J connectivity index is 1.48. The maximum Gasteiger partial charge on any atom is 0.435 e. The highest BCUT2D eigenvalue weighted by atomic mass is 35.5. The smallest absolute Gasteiger partial charge is 0.399 e. The largest absolute Gasteiger partial charge is 0.435 e. The molecule has 0 saturated heterocycles. The van der Waals surface area contributed by atoms with Crippen molar-refractivity contribution in [2.75, 3.05) is 13.7 Å². The molecule has 0 spiro atoms. The van der Waals surface area contributed by atoms with Crippen molar-refractivity contribution in [1.29, 1.82) is 0 Å². The number of oxime groups is 2. The molecule has 0 aromatic heterocycles. The fraction of sp³-hybridized carbons (Fsp3) is 0.296. The second-order valence-electron chi connectivity index (χ2n) is 9.31. The molecular weight excluding hydrogens is 561 g/mol. The summed E-state index contributed by atoms with van der Waals surface area (Å²) >= 11 is 11.6. The lowest BCUT2D eigenvalue weighted by molar-refractivity contribution is -0.275. The van der Waals surface area contributed by atoms with Crippen LogP contribution in [-0.4, -0.2) is 37.2 Å². The van der Waals surface area contributed by atoms with Crippen LogP contribution in [0.1, 0.15) is 40.7 Å². The van der Waals surface area contributed by atoms with Gasteiger partial charge in [0.2, 0.25) is 0 Å². The topological polar surface area (TPSA) is 72.3 Å². The van der Waals surface area contributed by atoms with Crippen LogP contribution in [0, 0.1) is 11.7 Å². The van der Waals surface area contributed by atoms with Crippen molar-refractivity contribution in [3.8, 4) is 0 Å². The fourth-order valence-corrected chi connectivity index (χ4v) is 5.12. The zero-order chi connectivity index (χ0) is 27.9. The third-order valence-corrected chi connectivity index (χ3v) is 7.35. The summed E-state index contributed by atoms with van der Waals surface area (Å²) in [5.74, 6) is -1.12. The summed E-state index contributed by atoms with van der Waals surface area (Å²) in [6, 6.07) is 11.5. The minimum atomic E-state index is -4.94. The van der Waals surface area contributed by atoms with Gasteiger partial charge in [0, 0.05) is 29.0 Å². The predicted molar refractivity (Wildman–Crippen MR) is 140 cm³/mol. The van der Waals surface area contributed by atoms with Gasteiger partial charge >= 0.3 is 6.18 Å². The molecule has 1 heterocycles. The lowest BCUT2D eigenvalue weighted by Crippen LogP contribution is -2.42. The molecule has 3 aromatic carbocycles. The van der Waals surface area contributed by atoms with Crippen molar-refractivity contribution < 1.29 is 32.0 Å². The number of benzene rings is 3. The van der Waals surface area contributed by atoms with Crippen molar-refractivity contribution >= 4 is 51.3 Å². The minimum Gasteiger partial charge on any atom is -0.399 e. The van der Waals surface area contributed by atoms with Crippen LogP contribution in [0.2, 0.25) is 10.0 Å². The first-order valence-corrected chi connectivity index (χ1v) is 12.7. The average molecular weight is 582 g/mol. The number of carbonyl (C=O) groups is 1. The van der Waals surface area contributed by atoms with Gasteiger partial charge in [-0.2, -0.15) is 13.2 Å². The molecule has 1 unspecified atom stereocenters. The summed E-state index contributed by atoms with van der Waals surface area (Å²) in [5.41, 5.74) is -1.98. The van der Waals surface area contributed by atoms with Crippen LogP contribution in [0.15, 0.2) is 58.8 Å². The molecule has 0 radical (unpaired) electrons. The van der Waals surface area contributed by atoms with E-state index in [-0.39, 0.29) is 24.1 Å². The van der Waals surface area contributed by atoms with E-state index in [1.54, 1.807) is 24.3 Å². The molecule has 1 aliphatic heterocycles. The van der Waals surface area contributed by atoms with E-state index in [9.17, 15) is 22.4 Å². The summed E-state index contributed by atoms with van der Waals surface area (Å²) in [4.78, 5) is 23.0. The van der Waals surface area contributed by atoms with Crippen LogP contribution in [0.3, 0.4) is 0 Å². The van der Waals surface area contributed by atoms with Gasteiger partial charge in [-0.1, -0.05) is 63.8 Å². The fourth-order valence-electron chi connectivity index (χ4n) is 4.64. The molecule has 204 valence electrons. The SMILES string of the molecule is CO/N=C(\CNC(=O)c1ccc(C2=NOC(c3cc(Cl)c(F)c(Cl)c3)(C(F)(F)F)C2)c2ccccc12)C1CC1. The van der Waals surface area contributed by atoms with E-state index in [0.29, 0.717) is 21.9 Å². The van der Waals surface area contributed by atoms with E-state index in [2.05, 4.69) is 15.6 Å². The van der Waals surface area contributed by atoms with Gasteiger partial charge in [0.15, 0.2) is 5.82 Å². The second kappa shape index (κ2) is 10.3. The van der Waals surface area contributed by atoms with Gasteiger partial charge in [-0.25, -0.2) is 4.39 Å². The Bertz CT molecular complexity index is 1500. The summed E-state index contributed by atoms with van der Waals surface area (Å²) < 4.78 is 57.3. The minimum absolute atomic E-state index is 0.00435. The predicted octanol–water partition coefficient (Wildman–Crippen LogP) is 7.01. The molecule has 1 aliphatic carbocycles. The van der Waals surface area contributed by atoms with Gasteiger partial charge < -0.3 is 15.0 Å². The molecular formula is C27H21Cl2F4N3O3. The highest BCUT2D eigenvalue weighted by Gasteiger charge is 2.62. The molecule has 6 nitrogen and oxygen atoms in total. The van der Waals surface area contributed by atoms with Gasteiger partial charge in [-0.3, -0.25) is 4.79 Å². The number of fused-ring (bicyclic) bond motifs is 1. The Morgan fingerprint density at radius 2 is 1.82 bits per heavy atom. The molecule has 1 N–H and O–H groups in total. The quantitative estimate of drug-likeness (QED) is 0.141. The molecule has 2 aliphatic rings. The number of amides is 1. The highest BCUT2D eigenvalue weighted by molar-refractivity contribution is 6.35. The molecule has 12 heteroatoms.